The number of aliphatic hydroxyl groups excluding tert-OH is 1. The molecule has 5 nitrogen and oxygen atoms in total. The van der Waals surface area contributed by atoms with Gasteiger partial charge >= 0.3 is 0 Å². The molecule has 1 heterocycles. The van der Waals surface area contributed by atoms with E-state index in [1.165, 1.54) is 19.3 Å². The van der Waals surface area contributed by atoms with Crippen LogP contribution in [-0.2, 0) is 0 Å². The smallest absolute Gasteiger partial charge is 0.224 e. The zero-order chi connectivity index (χ0) is 14.4. The summed E-state index contributed by atoms with van der Waals surface area (Å²) in [6.45, 7) is 3.92. The first-order valence-electron chi connectivity index (χ1n) is 7.40. The molecule has 0 aliphatic heterocycles. The van der Waals surface area contributed by atoms with Gasteiger partial charge in [0.05, 0.1) is 6.20 Å². The monoisotopic (exact) mass is 298 g/mol. The molecule has 1 aliphatic rings. The van der Waals surface area contributed by atoms with E-state index in [1.54, 1.807) is 6.20 Å². The molecular weight excluding hydrogens is 276 g/mol. The molecule has 6 heteroatoms. The minimum absolute atomic E-state index is 0.187. The van der Waals surface area contributed by atoms with Crippen molar-refractivity contribution in [3.63, 3.8) is 0 Å². The zero-order valence-electron chi connectivity index (χ0n) is 12.0. The van der Waals surface area contributed by atoms with E-state index in [0.29, 0.717) is 17.0 Å². The molecule has 1 aromatic heterocycles. The second-order valence-electron chi connectivity index (χ2n) is 5.15. The summed E-state index contributed by atoms with van der Waals surface area (Å²) in [6.07, 6.45) is 7.01. The Bertz CT molecular complexity index is 426. The van der Waals surface area contributed by atoms with Gasteiger partial charge < -0.3 is 15.3 Å². The van der Waals surface area contributed by atoms with Crippen molar-refractivity contribution < 1.29 is 5.11 Å². The van der Waals surface area contributed by atoms with Crippen molar-refractivity contribution in [3.05, 3.63) is 11.2 Å². The molecule has 1 aromatic rings. The summed E-state index contributed by atoms with van der Waals surface area (Å²) in [5, 5.41) is 12.8. The van der Waals surface area contributed by atoms with E-state index in [9.17, 15) is 0 Å². The van der Waals surface area contributed by atoms with Crippen LogP contribution in [0.5, 0.6) is 0 Å². The summed E-state index contributed by atoms with van der Waals surface area (Å²) < 4.78 is 0. The molecule has 0 amide bonds. The van der Waals surface area contributed by atoms with E-state index in [2.05, 4.69) is 27.1 Å². The maximum atomic E-state index is 9.07. The Hall–Kier alpha value is -1.07. The molecule has 20 heavy (non-hydrogen) atoms. The largest absolute Gasteiger partial charge is 0.396 e. The number of hydrogen-bond donors (Lipinski definition) is 2. The highest BCUT2D eigenvalue weighted by Gasteiger charge is 2.27. The average Bonchev–Trinajstić information content (AvgIpc) is 2.40. The second-order valence-corrected chi connectivity index (χ2v) is 5.55. The molecule has 0 atom stereocenters. The fourth-order valence-electron chi connectivity index (χ4n) is 2.28. The molecule has 0 bridgehead atoms. The number of nitrogens with one attached hydrogen (secondary N) is 1. The van der Waals surface area contributed by atoms with E-state index < -0.39 is 0 Å². The summed E-state index contributed by atoms with van der Waals surface area (Å²) in [6, 6.07) is 0.493. The Balaban J connectivity index is 2.16. The quantitative estimate of drug-likeness (QED) is 0.773. The summed E-state index contributed by atoms with van der Waals surface area (Å²) in [5.74, 6) is 1.41. The van der Waals surface area contributed by atoms with E-state index in [4.69, 9.17) is 16.7 Å². The van der Waals surface area contributed by atoms with Crippen LogP contribution in [0.25, 0.3) is 0 Å². The average molecular weight is 299 g/mol. The Labute approximate surface area is 125 Å². The number of anilines is 2. The molecule has 112 valence electrons. The summed E-state index contributed by atoms with van der Waals surface area (Å²) >= 11 is 6.27. The topological polar surface area (TPSA) is 61.3 Å². The van der Waals surface area contributed by atoms with Crippen molar-refractivity contribution in [2.24, 2.45) is 0 Å². The maximum Gasteiger partial charge on any atom is 0.224 e. The van der Waals surface area contributed by atoms with Crippen LogP contribution < -0.4 is 10.2 Å². The third-order valence-electron chi connectivity index (χ3n) is 3.60. The minimum Gasteiger partial charge on any atom is -0.396 e. The first-order chi connectivity index (χ1) is 9.76. The van der Waals surface area contributed by atoms with E-state index >= 15 is 0 Å². The highest BCUT2D eigenvalue weighted by molar-refractivity contribution is 6.32. The first-order valence-corrected chi connectivity index (χ1v) is 7.78. The van der Waals surface area contributed by atoms with Crippen LogP contribution in [0.15, 0.2) is 6.20 Å². The lowest BCUT2D eigenvalue weighted by molar-refractivity contribution is 0.282. The predicted octanol–water partition coefficient (Wildman–Crippen LogP) is 2.69. The van der Waals surface area contributed by atoms with Gasteiger partial charge in [-0.1, -0.05) is 18.5 Å². The number of halogens is 1. The second kappa shape index (κ2) is 7.64. The maximum absolute atomic E-state index is 9.07. The third kappa shape index (κ3) is 3.73. The lowest BCUT2D eigenvalue weighted by Crippen LogP contribution is -2.42. The highest BCUT2D eigenvalue weighted by atomic mass is 35.5. The van der Waals surface area contributed by atoms with Crippen molar-refractivity contribution in [2.45, 2.75) is 45.1 Å². The molecule has 0 unspecified atom stereocenters. The standard InChI is InChI=1S/C14H23ClN4O/c1-2-7-16-14-17-10-12(15)13(18-14)19(8-4-9-20)11-5-3-6-11/h10-11,20H,2-9H2,1H3,(H,16,17,18). The van der Waals surface area contributed by atoms with Gasteiger partial charge in [-0.05, 0) is 32.1 Å². The van der Waals surface area contributed by atoms with Crippen LogP contribution in [0.2, 0.25) is 5.02 Å². The predicted molar refractivity (Wildman–Crippen MR) is 82.5 cm³/mol. The number of aromatic nitrogens is 2. The summed E-state index contributed by atoms with van der Waals surface area (Å²) in [5.41, 5.74) is 0. The Kier molecular flexibility index (Phi) is 5.86. The van der Waals surface area contributed by atoms with Gasteiger partial charge in [-0.3, -0.25) is 0 Å². The van der Waals surface area contributed by atoms with Crippen molar-refractivity contribution >= 4 is 23.4 Å². The molecule has 2 N–H and O–H groups in total. The number of rotatable bonds is 8. The lowest BCUT2D eigenvalue weighted by Gasteiger charge is -2.38. The molecule has 1 fully saturated rings. The Morgan fingerprint density at radius 2 is 2.30 bits per heavy atom. The SMILES string of the molecule is CCCNc1ncc(Cl)c(N(CCCO)C2CCC2)n1. The van der Waals surface area contributed by atoms with Crippen LogP contribution in [0.1, 0.15) is 39.0 Å². The molecular formula is C14H23ClN4O. The van der Waals surface area contributed by atoms with E-state index in [-0.39, 0.29) is 6.61 Å². The zero-order valence-corrected chi connectivity index (χ0v) is 12.7. The van der Waals surface area contributed by atoms with Crippen LogP contribution in [-0.4, -0.2) is 40.8 Å². The third-order valence-corrected chi connectivity index (χ3v) is 3.87. The lowest BCUT2D eigenvalue weighted by atomic mass is 9.91. The fourth-order valence-corrected chi connectivity index (χ4v) is 2.48. The first kappa shape index (κ1) is 15.3. The van der Waals surface area contributed by atoms with Gasteiger partial charge in [0.1, 0.15) is 5.02 Å². The molecule has 1 aliphatic carbocycles. The van der Waals surface area contributed by atoms with E-state index in [0.717, 1.165) is 31.7 Å². The summed E-state index contributed by atoms with van der Waals surface area (Å²) in [7, 11) is 0. The van der Waals surface area contributed by atoms with Gasteiger partial charge in [0.2, 0.25) is 5.95 Å². The van der Waals surface area contributed by atoms with E-state index in [1.807, 2.05) is 0 Å². The molecule has 0 radical (unpaired) electrons. The molecule has 2 rings (SSSR count). The summed E-state index contributed by atoms with van der Waals surface area (Å²) in [4.78, 5) is 11.0. The van der Waals surface area contributed by atoms with Gasteiger partial charge in [-0.25, -0.2) is 4.98 Å². The van der Waals surface area contributed by atoms with Crippen molar-refractivity contribution in [1.82, 2.24) is 9.97 Å². The van der Waals surface area contributed by atoms with Gasteiger partial charge in [0.15, 0.2) is 5.82 Å². The Morgan fingerprint density at radius 1 is 1.50 bits per heavy atom. The highest BCUT2D eigenvalue weighted by Crippen LogP contribution is 2.32. The van der Waals surface area contributed by atoms with Gasteiger partial charge in [-0.15, -0.1) is 0 Å². The molecule has 0 aromatic carbocycles. The van der Waals surface area contributed by atoms with Crippen LogP contribution in [0.3, 0.4) is 0 Å². The van der Waals surface area contributed by atoms with Crippen LogP contribution in [0.4, 0.5) is 11.8 Å². The molecule has 0 spiro atoms. The van der Waals surface area contributed by atoms with Gasteiger partial charge in [0, 0.05) is 25.7 Å². The van der Waals surface area contributed by atoms with Crippen molar-refractivity contribution in [3.8, 4) is 0 Å². The van der Waals surface area contributed by atoms with Crippen LogP contribution >= 0.6 is 11.6 Å². The molecule has 0 saturated heterocycles. The normalized spacial score (nSPS) is 14.9. The number of hydrogen-bond acceptors (Lipinski definition) is 5. The number of aliphatic hydroxyl groups is 1. The van der Waals surface area contributed by atoms with Crippen molar-refractivity contribution in [2.75, 3.05) is 29.9 Å². The minimum atomic E-state index is 0.187. The molecule has 1 saturated carbocycles. The fraction of sp³-hybridized carbons (Fsp3) is 0.714. The van der Waals surface area contributed by atoms with Crippen molar-refractivity contribution in [1.29, 1.82) is 0 Å². The number of nitrogens with zero attached hydrogens (tertiary/aromatic N) is 3. The van der Waals surface area contributed by atoms with Crippen LogP contribution in [0, 0.1) is 0 Å². The Morgan fingerprint density at radius 3 is 2.90 bits per heavy atom. The van der Waals surface area contributed by atoms with Gasteiger partial charge in [-0.2, -0.15) is 4.98 Å². The van der Waals surface area contributed by atoms with Gasteiger partial charge in [0.25, 0.3) is 0 Å².